The van der Waals surface area contributed by atoms with Gasteiger partial charge in [0.1, 0.15) is 11.5 Å². The molecule has 0 N–H and O–H groups in total. The van der Waals surface area contributed by atoms with Crippen molar-refractivity contribution in [3.63, 3.8) is 0 Å². The van der Waals surface area contributed by atoms with E-state index >= 15 is 0 Å². The van der Waals surface area contributed by atoms with Gasteiger partial charge < -0.3 is 9.64 Å². The first-order valence-electron chi connectivity index (χ1n) is 18.9. The fraction of sp³-hybridized carbons (Fsp3) is 0.0189. The van der Waals surface area contributed by atoms with Gasteiger partial charge in [-0.05, 0) is 110 Å². The molecule has 0 fully saturated rings. The summed E-state index contributed by atoms with van der Waals surface area (Å²) in [5, 5.41) is 2.37. The number of para-hydroxylation sites is 1. The van der Waals surface area contributed by atoms with Gasteiger partial charge in [0.05, 0.1) is 5.41 Å². The van der Waals surface area contributed by atoms with Gasteiger partial charge in [0.15, 0.2) is 0 Å². The van der Waals surface area contributed by atoms with Crippen molar-refractivity contribution in [1.29, 1.82) is 0 Å². The van der Waals surface area contributed by atoms with Crippen LogP contribution in [-0.2, 0) is 5.41 Å². The summed E-state index contributed by atoms with van der Waals surface area (Å²) in [5.41, 5.74) is 15.1. The predicted octanol–water partition coefficient (Wildman–Crippen LogP) is 14.1. The molecule has 0 saturated carbocycles. The van der Waals surface area contributed by atoms with E-state index in [2.05, 4.69) is 217 Å². The van der Waals surface area contributed by atoms with Crippen LogP contribution in [-0.4, -0.2) is 0 Å². The van der Waals surface area contributed by atoms with Crippen LogP contribution in [0.1, 0.15) is 22.3 Å². The summed E-state index contributed by atoms with van der Waals surface area (Å²) in [6.07, 6.45) is 0. The molecule has 0 saturated heterocycles. The number of anilines is 3. The van der Waals surface area contributed by atoms with Crippen LogP contribution in [0.4, 0.5) is 17.1 Å². The average Bonchev–Trinajstić information content (AvgIpc) is 3.55. The zero-order chi connectivity index (χ0) is 36.3. The van der Waals surface area contributed by atoms with Crippen LogP contribution < -0.4 is 9.64 Å². The predicted molar refractivity (Wildman–Crippen MR) is 227 cm³/mol. The summed E-state index contributed by atoms with van der Waals surface area (Å²) in [7, 11) is 0. The highest BCUT2D eigenvalue weighted by atomic mass is 16.5. The van der Waals surface area contributed by atoms with Gasteiger partial charge in [0.25, 0.3) is 0 Å². The van der Waals surface area contributed by atoms with Crippen molar-refractivity contribution in [3.8, 4) is 44.9 Å². The van der Waals surface area contributed by atoms with Crippen molar-refractivity contribution in [2.75, 3.05) is 4.90 Å². The van der Waals surface area contributed by atoms with Crippen LogP contribution in [0, 0.1) is 0 Å². The van der Waals surface area contributed by atoms with Gasteiger partial charge in [-0.1, -0.05) is 158 Å². The zero-order valence-corrected chi connectivity index (χ0v) is 30.1. The molecule has 1 aliphatic carbocycles. The molecule has 0 bridgehead atoms. The third-order valence-corrected chi connectivity index (χ3v) is 11.5. The molecule has 55 heavy (non-hydrogen) atoms. The maximum absolute atomic E-state index is 6.52. The quantitative estimate of drug-likeness (QED) is 0.171. The molecule has 0 amide bonds. The molecule has 0 radical (unpaired) electrons. The second kappa shape index (κ2) is 12.5. The maximum atomic E-state index is 6.52. The molecule has 2 aliphatic rings. The first-order valence-corrected chi connectivity index (χ1v) is 18.9. The summed E-state index contributed by atoms with van der Waals surface area (Å²) in [5.74, 6) is 1.80. The molecule has 0 aromatic heterocycles. The van der Waals surface area contributed by atoms with E-state index in [1.165, 1.54) is 49.7 Å². The SMILES string of the molecule is c1ccc(N(c2ccc(-c3ccc4c(c3)Oc3cccc5cccc-4c35)cc2)c2ccc3c(c2)C(c2ccccc2)(c2ccccc2)c2ccccc2-3)cc1. The summed E-state index contributed by atoms with van der Waals surface area (Å²) < 4.78 is 6.52. The van der Waals surface area contributed by atoms with E-state index in [1.807, 2.05) is 0 Å². The Morgan fingerprint density at radius 3 is 1.65 bits per heavy atom. The maximum Gasteiger partial charge on any atom is 0.135 e. The lowest BCUT2D eigenvalue weighted by atomic mass is 9.67. The van der Waals surface area contributed by atoms with E-state index in [1.54, 1.807) is 0 Å². The molecule has 2 nitrogen and oxygen atoms in total. The average molecular weight is 702 g/mol. The Hall–Kier alpha value is -7.16. The fourth-order valence-corrected chi connectivity index (χ4v) is 9.14. The monoisotopic (exact) mass is 701 g/mol. The van der Waals surface area contributed by atoms with Crippen molar-refractivity contribution in [1.82, 2.24) is 0 Å². The molecular weight excluding hydrogens is 667 g/mol. The summed E-state index contributed by atoms with van der Waals surface area (Å²) in [6.45, 7) is 0. The second-order valence-corrected chi connectivity index (χ2v) is 14.4. The molecule has 1 heterocycles. The lowest BCUT2D eigenvalue weighted by Crippen LogP contribution is -2.28. The van der Waals surface area contributed by atoms with Crippen molar-refractivity contribution in [2.45, 2.75) is 5.41 Å². The van der Waals surface area contributed by atoms with Gasteiger partial charge in [0, 0.05) is 28.0 Å². The van der Waals surface area contributed by atoms with Gasteiger partial charge >= 0.3 is 0 Å². The lowest BCUT2D eigenvalue weighted by Gasteiger charge is -2.35. The third kappa shape index (κ3) is 4.82. The number of ether oxygens (including phenoxy) is 1. The first kappa shape index (κ1) is 31.4. The molecule has 0 spiro atoms. The number of hydrogen-bond donors (Lipinski definition) is 0. The van der Waals surface area contributed by atoms with Gasteiger partial charge in [-0.25, -0.2) is 0 Å². The van der Waals surface area contributed by atoms with Gasteiger partial charge in [-0.3, -0.25) is 0 Å². The minimum Gasteiger partial charge on any atom is -0.456 e. The highest BCUT2D eigenvalue weighted by molar-refractivity contribution is 6.04. The van der Waals surface area contributed by atoms with Crippen molar-refractivity contribution >= 4 is 27.8 Å². The molecule has 0 atom stereocenters. The first-order chi connectivity index (χ1) is 27.3. The minimum atomic E-state index is -0.475. The Bertz CT molecular complexity index is 2840. The van der Waals surface area contributed by atoms with Gasteiger partial charge in [0.2, 0.25) is 0 Å². The standard InChI is InChI=1S/C53H35NO/c1-4-16-39(17-5-1)53(40-18-6-2-7-19-40)48-24-11-10-22-44(48)45-33-31-43(35-49(45)53)54(41-20-8-3-9-21-41)42-29-26-36(27-30-42)38-28-32-46-47-23-12-14-37-15-13-25-50(52(37)47)55-51(46)34-38/h1-35H. The molecule has 11 rings (SSSR count). The van der Waals surface area contributed by atoms with E-state index in [0.717, 1.165) is 45.3 Å². The van der Waals surface area contributed by atoms with E-state index in [4.69, 9.17) is 4.74 Å². The van der Waals surface area contributed by atoms with Crippen molar-refractivity contribution in [2.24, 2.45) is 0 Å². The fourth-order valence-electron chi connectivity index (χ4n) is 9.14. The number of rotatable bonds is 6. The number of benzene rings is 9. The Labute approximate surface area is 321 Å². The molecular formula is C53H35NO. The number of fused-ring (bicyclic) bond motifs is 5. The zero-order valence-electron chi connectivity index (χ0n) is 30.1. The smallest absolute Gasteiger partial charge is 0.135 e. The highest BCUT2D eigenvalue weighted by Crippen LogP contribution is 2.57. The van der Waals surface area contributed by atoms with Crippen LogP contribution in [0.3, 0.4) is 0 Å². The molecule has 1 aliphatic heterocycles. The molecule has 0 unspecified atom stereocenters. The number of hydrogen-bond acceptors (Lipinski definition) is 2. The van der Waals surface area contributed by atoms with Crippen LogP contribution >= 0.6 is 0 Å². The van der Waals surface area contributed by atoms with Gasteiger partial charge in [-0.2, -0.15) is 0 Å². The molecule has 9 aromatic rings. The van der Waals surface area contributed by atoms with Crippen LogP contribution in [0.2, 0.25) is 0 Å². The van der Waals surface area contributed by atoms with E-state index < -0.39 is 5.41 Å². The second-order valence-electron chi connectivity index (χ2n) is 14.4. The summed E-state index contributed by atoms with van der Waals surface area (Å²) >= 11 is 0. The van der Waals surface area contributed by atoms with Crippen LogP contribution in [0.5, 0.6) is 11.5 Å². The summed E-state index contributed by atoms with van der Waals surface area (Å²) in [4.78, 5) is 2.38. The lowest BCUT2D eigenvalue weighted by molar-refractivity contribution is 0.487. The third-order valence-electron chi connectivity index (χ3n) is 11.5. The molecule has 258 valence electrons. The summed E-state index contributed by atoms with van der Waals surface area (Å²) in [6, 6.07) is 76.9. The Morgan fingerprint density at radius 1 is 0.345 bits per heavy atom. The Balaban J connectivity index is 1.04. The largest absolute Gasteiger partial charge is 0.456 e. The van der Waals surface area contributed by atoms with Gasteiger partial charge in [-0.15, -0.1) is 0 Å². The van der Waals surface area contributed by atoms with E-state index in [9.17, 15) is 0 Å². The van der Waals surface area contributed by atoms with E-state index in [0.29, 0.717) is 0 Å². The normalized spacial score (nSPS) is 13.0. The van der Waals surface area contributed by atoms with Crippen LogP contribution in [0.15, 0.2) is 212 Å². The van der Waals surface area contributed by atoms with Crippen LogP contribution in [0.25, 0.3) is 44.2 Å². The topological polar surface area (TPSA) is 12.5 Å². The number of nitrogens with zero attached hydrogens (tertiary/aromatic N) is 1. The van der Waals surface area contributed by atoms with E-state index in [-0.39, 0.29) is 0 Å². The Kier molecular flexibility index (Phi) is 7.11. The molecule has 9 aromatic carbocycles. The minimum absolute atomic E-state index is 0.475. The van der Waals surface area contributed by atoms with Crippen molar-refractivity contribution in [3.05, 3.63) is 235 Å². The highest BCUT2D eigenvalue weighted by Gasteiger charge is 2.46. The Morgan fingerprint density at radius 2 is 0.909 bits per heavy atom. The van der Waals surface area contributed by atoms with Crippen molar-refractivity contribution < 1.29 is 4.74 Å². The molecule has 2 heteroatoms.